The van der Waals surface area contributed by atoms with Gasteiger partial charge >= 0.3 is 0 Å². The Balaban J connectivity index is 2.15. The molecular weight excluding hydrogens is 398 g/mol. The number of rotatable bonds is 4. The number of hydrogen-bond acceptors (Lipinski definition) is 2. The number of carbonyl (C=O) groups is 1. The highest BCUT2D eigenvalue weighted by molar-refractivity contribution is 9.10. The van der Waals surface area contributed by atoms with Crippen LogP contribution in [-0.4, -0.2) is 12.4 Å². The van der Waals surface area contributed by atoms with Gasteiger partial charge in [0.25, 0.3) is 0 Å². The third-order valence-corrected chi connectivity index (χ3v) is 4.06. The smallest absolute Gasteiger partial charge is 0.201 e. The number of carbonyl (C=O) groups excluding carboxylic acids is 1. The average molecular weight is 409 g/mol. The molecule has 0 aliphatic heterocycles. The summed E-state index contributed by atoms with van der Waals surface area (Å²) in [4.78, 5) is 12.1. The summed E-state index contributed by atoms with van der Waals surface area (Å²) in [6.07, 6.45) is 0. The Bertz CT molecular complexity index is 678. The number of ether oxygens (including phenoxy) is 1. The second kappa shape index (κ2) is 7.01. The molecule has 0 spiro atoms. The first-order valence-corrected chi connectivity index (χ1v) is 7.88. The van der Waals surface area contributed by atoms with Crippen LogP contribution in [0.1, 0.15) is 15.9 Å². The van der Waals surface area contributed by atoms with Gasteiger partial charge in [-0.1, -0.05) is 50.7 Å². The zero-order chi connectivity index (χ0) is 15.6. The van der Waals surface area contributed by atoms with Gasteiger partial charge in [-0.2, -0.15) is 0 Å². The molecule has 0 aromatic heterocycles. The van der Waals surface area contributed by atoms with Crippen LogP contribution in [0.5, 0.6) is 5.75 Å². The maximum Gasteiger partial charge on any atom is 0.201 e. The summed E-state index contributed by atoms with van der Waals surface area (Å²) < 4.78 is 6.38. The fourth-order valence-electron chi connectivity index (χ4n) is 1.80. The van der Waals surface area contributed by atoms with Crippen LogP contribution in [0.25, 0.3) is 0 Å². The third-order valence-electron chi connectivity index (χ3n) is 2.77. The first-order valence-electron chi connectivity index (χ1n) is 5.95. The summed E-state index contributed by atoms with van der Waals surface area (Å²) in [6, 6.07) is 8.28. The van der Waals surface area contributed by atoms with E-state index in [-0.39, 0.29) is 12.4 Å². The normalized spacial score (nSPS) is 10.5. The molecule has 0 saturated heterocycles. The maximum atomic E-state index is 12.1. The van der Waals surface area contributed by atoms with Gasteiger partial charge in [0.1, 0.15) is 5.75 Å². The van der Waals surface area contributed by atoms with Gasteiger partial charge in [0.15, 0.2) is 6.61 Å². The van der Waals surface area contributed by atoms with Gasteiger partial charge in [0.2, 0.25) is 5.78 Å². The second-order valence-corrected chi connectivity index (χ2v) is 6.54. The van der Waals surface area contributed by atoms with Crippen LogP contribution >= 0.6 is 50.7 Å². The van der Waals surface area contributed by atoms with E-state index in [4.69, 9.17) is 39.5 Å². The van der Waals surface area contributed by atoms with Gasteiger partial charge in [-0.25, -0.2) is 0 Å². The van der Waals surface area contributed by atoms with Crippen molar-refractivity contribution in [3.63, 3.8) is 0 Å². The number of benzene rings is 2. The molecule has 2 aromatic carbocycles. The molecule has 2 aromatic rings. The Labute approximate surface area is 146 Å². The highest BCUT2D eigenvalue weighted by atomic mass is 79.9. The van der Waals surface area contributed by atoms with Crippen LogP contribution in [0.4, 0.5) is 0 Å². The predicted octanol–water partition coefficient (Wildman–Crippen LogP) is 5.98. The van der Waals surface area contributed by atoms with Crippen molar-refractivity contribution >= 4 is 56.5 Å². The van der Waals surface area contributed by atoms with E-state index in [1.54, 1.807) is 18.2 Å². The lowest BCUT2D eigenvalue weighted by molar-refractivity contribution is 0.0921. The van der Waals surface area contributed by atoms with Crippen LogP contribution in [0, 0.1) is 6.92 Å². The Kier molecular flexibility index (Phi) is 5.55. The van der Waals surface area contributed by atoms with Crippen LogP contribution in [0.15, 0.2) is 34.8 Å². The SMILES string of the molecule is Cc1cc(Br)cc(Cl)c1OCC(=O)c1ccc(Cl)cc1Cl. The lowest BCUT2D eigenvalue weighted by Crippen LogP contribution is -2.12. The molecule has 0 N–H and O–H groups in total. The van der Waals surface area contributed by atoms with E-state index in [1.807, 2.05) is 13.0 Å². The van der Waals surface area contributed by atoms with Crippen LogP contribution in [-0.2, 0) is 0 Å². The summed E-state index contributed by atoms with van der Waals surface area (Å²) in [5.41, 5.74) is 1.20. The molecule has 2 nitrogen and oxygen atoms in total. The first kappa shape index (κ1) is 16.6. The number of Topliss-reactive ketones (excluding diaryl/α,β-unsaturated/α-hetero) is 1. The molecule has 0 saturated carbocycles. The molecule has 21 heavy (non-hydrogen) atoms. The highest BCUT2D eigenvalue weighted by Gasteiger charge is 2.14. The summed E-state index contributed by atoms with van der Waals surface area (Å²) >= 11 is 21.2. The number of ketones is 1. The first-order chi connectivity index (χ1) is 9.88. The van der Waals surface area contributed by atoms with Gasteiger partial charge in [0.05, 0.1) is 10.0 Å². The Hall–Kier alpha value is -0.740. The summed E-state index contributed by atoms with van der Waals surface area (Å²) in [7, 11) is 0. The topological polar surface area (TPSA) is 26.3 Å². The fraction of sp³-hybridized carbons (Fsp3) is 0.133. The van der Waals surface area contributed by atoms with Crippen molar-refractivity contribution in [2.45, 2.75) is 6.92 Å². The molecule has 0 aliphatic carbocycles. The van der Waals surface area contributed by atoms with Crippen molar-refractivity contribution in [3.8, 4) is 5.75 Å². The summed E-state index contributed by atoms with van der Waals surface area (Å²) in [6.45, 7) is 1.70. The van der Waals surface area contributed by atoms with Crippen molar-refractivity contribution in [1.29, 1.82) is 0 Å². The zero-order valence-corrected chi connectivity index (χ0v) is 14.8. The molecule has 0 bridgehead atoms. The molecule has 0 fully saturated rings. The van der Waals surface area contributed by atoms with Crippen LogP contribution in [0.3, 0.4) is 0 Å². The highest BCUT2D eigenvalue weighted by Crippen LogP contribution is 2.32. The van der Waals surface area contributed by atoms with E-state index in [0.717, 1.165) is 10.0 Å². The monoisotopic (exact) mass is 406 g/mol. The van der Waals surface area contributed by atoms with Crippen molar-refractivity contribution in [2.24, 2.45) is 0 Å². The zero-order valence-electron chi connectivity index (χ0n) is 10.9. The van der Waals surface area contributed by atoms with Gasteiger partial charge in [0, 0.05) is 15.1 Å². The van der Waals surface area contributed by atoms with Crippen LogP contribution in [0.2, 0.25) is 15.1 Å². The lowest BCUT2D eigenvalue weighted by Gasteiger charge is -2.11. The van der Waals surface area contributed by atoms with E-state index in [0.29, 0.717) is 26.4 Å². The van der Waals surface area contributed by atoms with E-state index >= 15 is 0 Å². The molecule has 110 valence electrons. The lowest BCUT2D eigenvalue weighted by atomic mass is 10.1. The van der Waals surface area contributed by atoms with E-state index < -0.39 is 0 Å². The number of hydrogen-bond donors (Lipinski definition) is 0. The number of aryl methyl sites for hydroxylation is 1. The Morgan fingerprint density at radius 1 is 1.14 bits per heavy atom. The average Bonchev–Trinajstić information content (AvgIpc) is 2.36. The maximum absolute atomic E-state index is 12.1. The molecule has 0 atom stereocenters. The minimum absolute atomic E-state index is 0.149. The number of halogens is 4. The molecule has 0 unspecified atom stereocenters. The van der Waals surface area contributed by atoms with Gasteiger partial charge in [-0.15, -0.1) is 0 Å². The Morgan fingerprint density at radius 2 is 1.86 bits per heavy atom. The largest absolute Gasteiger partial charge is 0.484 e. The summed E-state index contributed by atoms with van der Waals surface area (Å²) in [5.74, 6) is 0.244. The molecule has 0 heterocycles. The molecule has 2 rings (SSSR count). The minimum Gasteiger partial charge on any atom is -0.484 e. The molecular formula is C15H10BrCl3O2. The molecule has 6 heteroatoms. The standard InChI is InChI=1S/C15H10BrCl3O2/c1-8-4-9(16)5-13(19)15(8)21-7-14(20)11-3-2-10(17)6-12(11)18/h2-6H,7H2,1H3. The molecule has 0 aliphatic rings. The Morgan fingerprint density at radius 3 is 2.48 bits per heavy atom. The van der Waals surface area contributed by atoms with Gasteiger partial charge < -0.3 is 4.74 Å². The second-order valence-electron chi connectivity index (χ2n) is 4.37. The van der Waals surface area contributed by atoms with E-state index in [2.05, 4.69) is 15.9 Å². The van der Waals surface area contributed by atoms with Crippen molar-refractivity contribution in [1.82, 2.24) is 0 Å². The predicted molar refractivity (Wildman–Crippen MR) is 90.2 cm³/mol. The van der Waals surface area contributed by atoms with E-state index in [1.165, 1.54) is 6.07 Å². The molecule has 0 radical (unpaired) electrons. The van der Waals surface area contributed by atoms with E-state index in [9.17, 15) is 4.79 Å². The van der Waals surface area contributed by atoms with Gasteiger partial charge in [-0.3, -0.25) is 4.79 Å². The summed E-state index contributed by atoms with van der Waals surface area (Å²) in [5, 5.41) is 1.22. The third kappa shape index (κ3) is 4.13. The van der Waals surface area contributed by atoms with Gasteiger partial charge in [-0.05, 0) is 42.8 Å². The fourth-order valence-corrected chi connectivity index (χ4v) is 3.34. The van der Waals surface area contributed by atoms with Crippen molar-refractivity contribution < 1.29 is 9.53 Å². The van der Waals surface area contributed by atoms with Crippen molar-refractivity contribution in [2.75, 3.05) is 6.61 Å². The molecule has 0 amide bonds. The van der Waals surface area contributed by atoms with Crippen LogP contribution < -0.4 is 4.74 Å². The van der Waals surface area contributed by atoms with Crippen molar-refractivity contribution in [3.05, 3.63) is 61.0 Å². The quantitative estimate of drug-likeness (QED) is 0.582. The minimum atomic E-state index is -0.241.